The molecule has 5 unspecified atom stereocenters. The van der Waals surface area contributed by atoms with E-state index in [1.165, 1.54) is 0 Å². The largest absolute Gasteiger partial charge is 0.392 e. The zero-order valence-corrected chi connectivity index (χ0v) is 26.0. The third-order valence-electron chi connectivity index (χ3n) is 8.32. The molecular weight excluding hydrogens is 574 g/mol. The van der Waals surface area contributed by atoms with Gasteiger partial charge in [-0.15, -0.1) is 0 Å². The molecule has 1 aliphatic rings. The van der Waals surface area contributed by atoms with Gasteiger partial charge in [0, 0.05) is 44.0 Å². The summed E-state index contributed by atoms with van der Waals surface area (Å²) in [6.07, 6.45) is 0.515. The fourth-order valence-corrected chi connectivity index (χ4v) is 5.40. The molecular formula is C35H45N3O7. The highest BCUT2D eigenvalue weighted by atomic mass is 16.7. The molecule has 0 aromatic heterocycles. The van der Waals surface area contributed by atoms with Crippen LogP contribution in [0.25, 0.3) is 0 Å². The second kappa shape index (κ2) is 17.2. The van der Waals surface area contributed by atoms with Gasteiger partial charge in [-0.3, -0.25) is 19.7 Å². The molecule has 0 spiro atoms. The Labute approximate surface area is 264 Å². The van der Waals surface area contributed by atoms with Crippen molar-refractivity contribution in [1.82, 2.24) is 15.7 Å². The molecule has 0 bridgehead atoms. The average molecular weight is 620 g/mol. The van der Waals surface area contributed by atoms with Crippen molar-refractivity contribution in [2.75, 3.05) is 13.6 Å². The van der Waals surface area contributed by atoms with Gasteiger partial charge in [0.2, 0.25) is 11.8 Å². The van der Waals surface area contributed by atoms with Crippen LogP contribution in [0.2, 0.25) is 0 Å². The van der Waals surface area contributed by atoms with Gasteiger partial charge < -0.3 is 25.0 Å². The second-order valence-electron chi connectivity index (χ2n) is 11.6. The maximum atomic E-state index is 12.2. The number of benzene rings is 3. The average Bonchev–Trinajstić information content (AvgIpc) is 3.08. The standard InChI is InChI=1S/C35H45N3O7/c1-24(34(42)28-8-4-3-5-9-28)38(2)22-30-20-31(27-16-14-26(23-39)15-17-27)45-35(44-30)29-18-12-25(13-19-29)21-36-32(40)10-6-7-11-33(41)37-43/h3-5,8-9,12-19,24,30-31,34-35,39,42-43H,6-7,10-11,20-23H2,1-2H3,(H,36,40)(H,37,41). The Hall–Kier alpha value is -3.64. The molecule has 242 valence electrons. The lowest BCUT2D eigenvalue weighted by molar-refractivity contribution is -0.253. The van der Waals surface area contributed by atoms with E-state index in [0.717, 1.165) is 27.8 Å². The van der Waals surface area contributed by atoms with E-state index in [-0.39, 0.29) is 37.2 Å². The van der Waals surface area contributed by atoms with Gasteiger partial charge in [-0.25, -0.2) is 5.48 Å². The maximum Gasteiger partial charge on any atom is 0.243 e. The van der Waals surface area contributed by atoms with Crippen molar-refractivity contribution < 1.29 is 34.5 Å². The molecule has 4 rings (SSSR count). The Morgan fingerprint density at radius 1 is 0.889 bits per heavy atom. The molecule has 10 nitrogen and oxygen atoms in total. The molecule has 1 fully saturated rings. The van der Waals surface area contributed by atoms with Crippen LogP contribution in [0.4, 0.5) is 0 Å². The van der Waals surface area contributed by atoms with Gasteiger partial charge in [0.1, 0.15) is 0 Å². The number of carbonyl (C=O) groups excluding carboxylic acids is 2. The number of hydroxylamine groups is 1. The number of hydrogen-bond donors (Lipinski definition) is 5. The molecule has 5 atom stereocenters. The Morgan fingerprint density at radius 2 is 1.51 bits per heavy atom. The van der Waals surface area contributed by atoms with Gasteiger partial charge in [-0.2, -0.15) is 0 Å². The number of aliphatic hydroxyl groups excluding tert-OH is 2. The molecule has 0 aliphatic carbocycles. The van der Waals surface area contributed by atoms with Crippen molar-refractivity contribution in [1.29, 1.82) is 0 Å². The van der Waals surface area contributed by atoms with Crippen LogP contribution in [0.3, 0.4) is 0 Å². The van der Waals surface area contributed by atoms with Crippen LogP contribution < -0.4 is 10.8 Å². The summed E-state index contributed by atoms with van der Waals surface area (Å²) in [5.41, 5.74) is 6.08. The number of ether oxygens (including phenoxy) is 2. The van der Waals surface area contributed by atoms with Gasteiger partial charge in [0.15, 0.2) is 6.29 Å². The topological polar surface area (TPSA) is 141 Å². The summed E-state index contributed by atoms with van der Waals surface area (Å²) < 4.78 is 13.0. The molecule has 10 heteroatoms. The lowest BCUT2D eigenvalue weighted by Crippen LogP contribution is -2.43. The van der Waals surface area contributed by atoms with Crippen molar-refractivity contribution in [3.63, 3.8) is 0 Å². The van der Waals surface area contributed by atoms with Crippen LogP contribution in [0.1, 0.15) is 85.3 Å². The summed E-state index contributed by atoms with van der Waals surface area (Å²) in [4.78, 5) is 25.4. The number of nitrogens with zero attached hydrogens (tertiary/aromatic N) is 1. The fraction of sp³-hybridized carbons (Fsp3) is 0.429. The van der Waals surface area contributed by atoms with E-state index in [2.05, 4.69) is 10.2 Å². The van der Waals surface area contributed by atoms with Crippen molar-refractivity contribution in [3.05, 3.63) is 107 Å². The first-order valence-corrected chi connectivity index (χ1v) is 15.5. The van der Waals surface area contributed by atoms with Crippen LogP contribution in [0, 0.1) is 0 Å². The van der Waals surface area contributed by atoms with Gasteiger partial charge in [0.05, 0.1) is 24.9 Å². The van der Waals surface area contributed by atoms with Crippen LogP contribution in [0.5, 0.6) is 0 Å². The number of unbranched alkanes of at least 4 members (excludes halogenated alkanes) is 1. The predicted molar refractivity (Wildman–Crippen MR) is 169 cm³/mol. The highest BCUT2D eigenvalue weighted by Gasteiger charge is 2.34. The minimum atomic E-state index is -0.644. The highest BCUT2D eigenvalue weighted by Crippen LogP contribution is 2.38. The summed E-state index contributed by atoms with van der Waals surface area (Å²) in [6.45, 7) is 2.94. The normalized spacial score (nSPS) is 19.6. The van der Waals surface area contributed by atoms with Gasteiger partial charge in [-0.1, -0.05) is 78.9 Å². The summed E-state index contributed by atoms with van der Waals surface area (Å²) >= 11 is 0. The molecule has 0 saturated carbocycles. The monoisotopic (exact) mass is 619 g/mol. The SMILES string of the molecule is CC(C(O)c1ccccc1)N(C)CC1CC(c2ccc(CO)cc2)OC(c2ccc(CNC(=O)CCCCC(=O)NO)cc2)O1. The van der Waals surface area contributed by atoms with E-state index in [1.807, 2.05) is 92.8 Å². The Bertz CT molecular complexity index is 1340. The molecule has 45 heavy (non-hydrogen) atoms. The second-order valence-corrected chi connectivity index (χ2v) is 11.6. The molecule has 0 radical (unpaired) electrons. The highest BCUT2D eigenvalue weighted by molar-refractivity contribution is 5.76. The molecule has 1 heterocycles. The zero-order valence-electron chi connectivity index (χ0n) is 26.0. The van der Waals surface area contributed by atoms with Crippen LogP contribution in [0.15, 0.2) is 78.9 Å². The molecule has 3 aromatic carbocycles. The summed E-state index contributed by atoms with van der Waals surface area (Å²) in [7, 11) is 1.99. The molecule has 5 N–H and O–H groups in total. The van der Waals surface area contributed by atoms with E-state index in [1.54, 1.807) is 5.48 Å². The van der Waals surface area contributed by atoms with Crippen molar-refractivity contribution in [3.8, 4) is 0 Å². The summed E-state index contributed by atoms with van der Waals surface area (Å²) in [6, 6.07) is 25.0. The van der Waals surface area contributed by atoms with Gasteiger partial charge in [-0.05, 0) is 49.1 Å². The third-order valence-corrected chi connectivity index (χ3v) is 8.32. The first kappa shape index (κ1) is 34.2. The fourth-order valence-electron chi connectivity index (χ4n) is 5.40. The number of rotatable bonds is 15. The number of hydrogen-bond acceptors (Lipinski definition) is 8. The van der Waals surface area contributed by atoms with Gasteiger partial charge in [0.25, 0.3) is 0 Å². The van der Waals surface area contributed by atoms with Crippen molar-refractivity contribution >= 4 is 11.8 Å². The van der Waals surface area contributed by atoms with Gasteiger partial charge >= 0.3 is 0 Å². The quantitative estimate of drug-likeness (QED) is 0.0955. The minimum Gasteiger partial charge on any atom is -0.392 e. The lowest BCUT2D eigenvalue weighted by Gasteiger charge is -2.39. The van der Waals surface area contributed by atoms with E-state index in [9.17, 15) is 19.8 Å². The Morgan fingerprint density at radius 3 is 2.16 bits per heavy atom. The zero-order chi connectivity index (χ0) is 32.2. The predicted octanol–water partition coefficient (Wildman–Crippen LogP) is 4.46. The molecule has 1 aliphatic heterocycles. The van der Waals surface area contributed by atoms with E-state index < -0.39 is 18.3 Å². The molecule has 2 amide bonds. The van der Waals surface area contributed by atoms with Crippen molar-refractivity contribution in [2.45, 2.75) is 82.8 Å². The molecule has 3 aromatic rings. The number of aliphatic hydroxyl groups is 2. The van der Waals surface area contributed by atoms with Crippen LogP contribution in [-0.4, -0.2) is 57.9 Å². The Kier molecular flexibility index (Phi) is 13.1. The maximum absolute atomic E-state index is 12.2. The third kappa shape index (κ3) is 10.2. The molecule has 1 saturated heterocycles. The first-order chi connectivity index (χ1) is 21.8. The van der Waals surface area contributed by atoms with E-state index in [4.69, 9.17) is 14.7 Å². The van der Waals surface area contributed by atoms with E-state index >= 15 is 0 Å². The smallest absolute Gasteiger partial charge is 0.243 e. The first-order valence-electron chi connectivity index (χ1n) is 15.5. The van der Waals surface area contributed by atoms with Crippen molar-refractivity contribution in [2.24, 2.45) is 0 Å². The summed E-state index contributed by atoms with van der Waals surface area (Å²) in [5.74, 6) is -0.557. The van der Waals surface area contributed by atoms with E-state index in [0.29, 0.717) is 38.8 Å². The van der Waals surface area contributed by atoms with Crippen LogP contribution in [-0.2, 0) is 32.2 Å². The lowest BCUT2D eigenvalue weighted by atomic mass is 9.98. The summed E-state index contributed by atoms with van der Waals surface area (Å²) in [5, 5.41) is 32.0. The number of amides is 2. The number of carbonyl (C=O) groups is 2. The Balaban J connectivity index is 1.39. The van der Waals surface area contributed by atoms with Crippen LogP contribution >= 0.6 is 0 Å². The minimum absolute atomic E-state index is 0.0251. The number of nitrogens with one attached hydrogen (secondary N) is 2. The number of likely N-dealkylation sites (N-methyl/N-ethyl adjacent to an activating group) is 1.